The van der Waals surface area contributed by atoms with Gasteiger partial charge in [0.1, 0.15) is 5.75 Å². The van der Waals surface area contributed by atoms with Crippen molar-refractivity contribution in [3.8, 4) is 5.75 Å². The molecule has 3 rings (SSSR count). The van der Waals surface area contributed by atoms with Gasteiger partial charge >= 0.3 is 0 Å². The molecule has 1 aromatic heterocycles. The van der Waals surface area contributed by atoms with Gasteiger partial charge in [-0.1, -0.05) is 81.1 Å². The van der Waals surface area contributed by atoms with Gasteiger partial charge in [-0.25, -0.2) is 0 Å². The zero-order valence-corrected chi connectivity index (χ0v) is 21.4. The fourth-order valence-corrected chi connectivity index (χ4v) is 4.30. The van der Waals surface area contributed by atoms with E-state index in [-0.39, 0.29) is 29.2 Å². The largest absolute Gasteiger partial charge is 0.483 e. The maximum Gasteiger partial charge on any atom is 0.230 e. The summed E-state index contributed by atoms with van der Waals surface area (Å²) in [7, 11) is 0. The maximum absolute atomic E-state index is 12.5. The molecule has 34 heavy (non-hydrogen) atoms. The van der Waals surface area contributed by atoms with Crippen molar-refractivity contribution in [3.63, 3.8) is 0 Å². The van der Waals surface area contributed by atoms with Crippen molar-refractivity contribution in [2.75, 3.05) is 5.75 Å². The van der Waals surface area contributed by atoms with Gasteiger partial charge in [0.25, 0.3) is 0 Å². The molecule has 2 atom stereocenters. The quantitative estimate of drug-likeness (QED) is 0.291. The summed E-state index contributed by atoms with van der Waals surface area (Å²) < 4.78 is 8.09. The van der Waals surface area contributed by atoms with Crippen LogP contribution in [-0.2, 0) is 16.8 Å². The highest BCUT2D eigenvalue weighted by Crippen LogP contribution is 2.28. The standard InChI is InChI=1S/C27H34N4O2S/c1-7-17-31-25(20(3)33-23-15-13-22(14-16-23)27(4,5)6)29-30-26(31)34-18-24(32)28-19(2)21-11-9-8-10-12-21/h7-16,19-20H,1,17-18H2,2-6H3,(H,28,32). The molecular formula is C27H34N4O2S. The van der Waals surface area contributed by atoms with Crippen molar-refractivity contribution in [2.24, 2.45) is 0 Å². The molecule has 2 unspecified atom stereocenters. The molecule has 7 heteroatoms. The number of benzene rings is 2. The number of nitrogens with zero attached hydrogens (tertiary/aromatic N) is 3. The number of amides is 1. The highest BCUT2D eigenvalue weighted by molar-refractivity contribution is 7.99. The molecule has 1 N–H and O–H groups in total. The molecule has 0 aliphatic carbocycles. The molecule has 6 nitrogen and oxygen atoms in total. The van der Waals surface area contributed by atoms with E-state index in [2.05, 4.69) is 55.0 Å². The second kappa shape index (κ2) is 11.4. The number of hydrogen-bond donors (Lipinski definition) is 1. The monoisotopic (exact) mass is 478 g/mol. The van der Waals surface area contributed by atoms with Gasteiger partial charge in [0.05, 0.1) is 11.8 Å². The average molecular weight is 479 g/mol. The topological polar surface area (TPSA) is 69.0 Å². The van der Waals surface area contributed by atoms with E-state index in [4.69, 9.17) is 4.74 Å². The summed E-state index contributed by atoms with van der Waals surface area (Å²) in [4.78, 5) is 12.5. The third-order valence-corrected chi connectivity index (χ3v) is 6.43. The van der Waals surface area contributed by atoms with Gasteiger partial charge in [-0.3, -0.25) is 9.36 Å². The van der Waals surface area contributed by atoms with Gasteiger partial charge in [-0.15, -0.1) is 16.8 Å². The van der Waals surface area contributed by atoms with Crippen LogP contribution in [0.2, 0.25) is 0 Å². The first-order chi connectivity index (χ1) is 16.2. The molecule has 3 aromatic rings. The normalized spacial score (nSPS) is 13.2. The predicted molar refractivity (Wildman–Crippen MR) is 138 cm³/mol. The summed E-state index contributed by atoms with van der Waals surface area (Å²) >= 11 is 1.36. The number of aromatic nitrogens is 3. The molecule has 2 aromatic carbocycles. The summed E-state index contributed by atoms with van der Waals surface area (Å²) in [5, 5.41) is 12.4. The summed E-state index contributed by atoms with van der Waals surface area (Å²) in [6.45, 7) is 14.9. The van der Waals surface area contributed by atoms with Crippen LogP contribution in [-0.4, -0.2) is 26.4 Å². The third-order valence-electron chi connectivity index (χ3n) is 5.46. The van der Waals surface area contributed by atoms with E-state index in [9.17, 15) is 4.79 Å². The molecule has 0 spiro atoms. The number of hydrogen-bond acceptors (Lipinski definition) is 5. The molecule has 1 heterocycles. The Bertz CT molecular complexity index is 1090. The Morgan fingerprint density at radius 1 is 1.12 bits per heavy atom. The zero-order chi connectivity index (χ0) is 24.7. The van der Waals surface area contributed by atoms with Gasteiger partial charge in [0, 0.05) is 6.54 Å². The number of allylic oxidation sites excluding steroid dienone is 1. The summed E-state index contributed by atoms with van der Waals surface area (Å²) in [5.41, 5.74) is 2.41. The zero-order valence-electron chi connectivity index (χ0n) is 20.6. The van der Waals surface area contributed by atoms with Crippen LogP contribution in [0.5, 0.6) is 5.75 Å². The Hall–Kier alpha value is -3.06. The van der Waals surface area contributed by atoms with Crippen molar-refractivity contribution in [2.45, 2.75) is 63.9 Å². The van der Waals surface area contributed by atoms with Crippen LogP contribution in [0.3, 0.4) is 0 Å². The van der Waals surface area contributed by atoms with Gasteiger partial charge in [0.2, 0.25) is 5.91 Å². The molecule has 0 saturated heterocycles. The highest BCUT2D eigenvalue weighted by Gasteiger charge is 2.21. The van der Waals surface area contributed by atoms with Crippen LogP contribution in [0.1, 0.15) is 63.7 Å². The lowest BCUT2D eigenvalue weighted by atomic mass is 9.87. The molecule has 1 amide bonds. The Kier molecular flexibility index (Phi) is 8.56. The molecule has 0 bridgehead atoms. The van der Waals surface area contributed by atoms with E-state index in [1.807, 2.05) is 60.9 Å². The first kappa shape index (κ1) is 25.6. The van der Waals surface area contributed by atoms with Crippen LogP contribution in [0.4, 0.5) is 0 Å². The van der Waals surface area contributed by atoms with Gasteiger partial charge in [-0.2, -0.15) is 0 Å². The van der Waals surface area contributed by atoms with Crippen molar-refractivity contribution < 1.29 is 9.53 Å². The van der Waals surface area contributed by atoms with Gasteiger partial charge < -0.3 is 10.1 Å². The Labute approximate surface area is 206 Å². The average Bonchev–Trinajstić information content (AvgIpc) is 3.21. The Balaban J connectivity index is 1.64. The Morgan fingerprint density at radius 3 is 2.41 bits per heavy atom. The van der Waals surface area contributed by atoms with Crippen LogP contribution in [0.25, 0.3) is 0 Å². The molecule has 0 saturated carbocycles. The lowest BCUT2D eigenvalue weighted by Gasteiger charge is -2.20. The van der Waals surface area contributed by atoms with Crippen LogP contribution >= 0.6 is 11.8 Å². The van der Waals surface area contributed by atoms with Crippen LogP contribution < -0.4 is 10.1 Å². The first-order valence-corrected chi connectivity index (χ1v) is 12.5. The van der Waals surface area contributed by atoms with Crippen molar-refractivity contribution in [1.29, 1.82) is 0 Å². The van der Waals surface area contributed by atoms with Crippen molar-refractivity contribution in [3.05, 3.63) is 84.2 Å². The first-order valence-electron chi connectivity index (χ1n) is 11.5. The SMILES string of the molecule is C=CCn1c(SCC(=O)NC(C)c2ccccc2)nnc1C(C)Oc1ccc(C(C)(C)C)cc1. The van der Waals surface area contributed by atoms with E-state index in [0.29, 0.717) is 17.5 Å². The second-order valence-electron chi connectivity index (χ2n) is 9.26. The minimum atomic E-state index is -0.311. The predicted octanol–water partition coefficient (Wildman–Crippen LogP) is 5.87. The molecule has 0 aliphatic heterocycles. The van der Waals surface area contributed by atoms with E-state index in [1.165, 1.54) is 17.3 Å². The van der Waals surface area contributed by atoms with Gasteiger partial charge in [-0.05, 0) is 42.5 Å². The van der Waals surface area contributed by atoms with E-state index < -0.39 is 0 Å². The Morgan fingerprint density at radius 2 is 1.79 bits per heavy atom. The lowest BCUT2D eigenvalue weighted by Crippen LogP contribution is -2.28. The number of thioether (sulfide) groups is 1. The molecule has 0 radical (unpaired) electrons. The lowest BCUT2D eigenvalue weighted by molar-refractivity contribution is -0.119. The minimum Gasteiger partial charge on any atom is -0.483 e. The summed E-state index contributed by atoms with van der Waals surface area (Å²) in [6.07, 6.45) is 1.48. The number of nitrogens with one attached hydrogen (secondary N) is 1. The van der Waals surface area contributed by atoms with Crippen molar-refractivity contribution >= 4 is 17.7 Å². The molecule has 0 aliphatic rings. The van der Waals surface area contributed by atoms with Gasteiger partial charge in [0.15, 0.2) is 17.1 Å². The fourth-order valence-electron chi connectivity index (χ4n) is 3.54. The van der Waals surface area contributed by atoms with E-state index >= 15 is 0 Å². The van der Waals surface area contributed by atoms with Crippen molar-refractivity contribution in [1.82, 2.24) is 20.1 Å². The third kappa shape index (κ3) is 6.73. The maximum atomic E-state index is 12.5. The highest BCUT2D eigenvalue weighted by atomic mass is 32.2. The fraction of sp³-hybridized carbons (Fsp3) is 0.370. The van der Waals surface area contributed by atoms with E-state index in [0.717, 1.165) is 11.3 Å². The number of carbonyl (C=O) groups excluding carboxylic acids is 1. The smallest absolute Gasteiger partial charge is 0.230 e. The molecule has 0 fully saturated rings. The number of ether oxygens (including phenoxy) is 1. The summed E-state index contributed by atoms with van der Waals surface area (Å²) in [6, 6.07) is 18.0. The number of rotatable bonds is 10. The second-order valence-corrected chi connectivity index (χ2v) is 10.2. The molecular weight excluding hydrogens is 444 g/mol. The number of carbonyl (C=O) groups is 1. The van der Waals surface area contributed by atoms with Crippen LogP contribution in [0, 0.1) is 0 Å². The van der Waals surface area contributed by atoms with Crippen LogP contribution in [0.15, 0.2) is 72.4 Å². The minimum absolute atomic E-state index is 0.0562. The summed E-state index contributed by atoms with van der Waals surface area (Å²) in [5.74, 6) is 1.66. The molecule has 180 valence electrons. The van der Waals surface area contributed by atoms with E-state index in [1.54, 1.807) is 6.08 Å².